The van der Waals surface area contributed by atoms with Crippen molar-refractivity contribution in [1.29, 1.82) is 0 Å². The van der Waals surface area contributed by atoms with Crippen molar-refractivity contribution in [2.75, 3.05) is 0 Å². The van der Waals surface area contributed by atoms with Crippen molar-refractivity contribution in [1.82, 2.24) is 0 Å². The van der Waals surface area contributed by atoms with Crippen molar-refractivity contribution in [3.8, 4) is 0 Å². The number of alkyl halides is 2. The van der Waals surface area contributed by atoms with E-state index in [1.54, 1.807) is 0 Å². The molecule has 28 heavy (non-hydrogen) atoms. The third-order valence-corrected chi connectivity index (χ3v) is 82.1. The minimum absolute atomic E-state index is 0.0397. The highest BCUT2D eigenvalue weighted by molar-refractivity contribution is 9.24. The number of aliphatic hydroxyl groups is 1. The average Bonchev–Trinajstić information content (AvgIpc) is 2.50. The molecule has 1 aromatic rings. The Labute approximate surface area is 194 Å². The number of benzene rings is 1. The fourth-order valence-corrected chi connectivity index (χ4v) is 114. The lowest BCUT2D eigenvalue weighted by Gasteiger charge is -2.63. The molecule has 0 spiro atoms. The number of aliphatic hydroxyl groups excluding tert-OH is 1. The summed E-state index contributed by atoms with van der Waals surface area (Å²) in [5.41, 5.74) is 2.07. The maximum absolute atomic E-state index is 11.0. The third-order valence-electron chi connectivity index (χ3n) is 6.82. The minimum atomic E-state index is -1.67. The minimum Gasteiger partial charge on any atom is -0.391 e. The van der Waals surface area contributed by atoms with E-state index < -0.39 is 29.4 Å². The summed E-state index contributed by atoms with van der Waals surface area (Å²) in [5.74, 6) is 0.492. The molecule has 1 rings (SSSR count). The van der Waals surface area contributed by atoms with Gasteiger partial charge in [0.15, 0.2) is 0 Å². The zero-order chi connectivity index (χ0) is 22.1. The fourth-order valence-electron chi connectivity index (χ4n) is 7.15. The molecular weight excluding hydrogens is 540 g/mol. The van der Waals surface area contributed by atoms with Crippen molar-refractivity contribution < 1.29 is 5.11 Å². The second-order valence-corrected chi connectivity index (χ2v) is 55.7. The van der Waals surface area contributed by atoms with Gasteiger partial charge in [-0.15, -0.1) is 0 Å². The van der Waals surface area contributed by atoms with Crippen LogP contribution in [0.5, 0.6) is 0 Å². The zero-order valence-electron chi connectivity index (χ0n) is 19.6. The van der Waals surface area contributed by atoms with Crippen molar-refractivity contribution in [2.45, 2.75) is 93.6 Å². The number of hydrogen-bond acceptors (Lipinski definition) is 1. The molecule has 0 aliphatic rings. The molecular formula is C21H42Br2OSi4. The van der Waals surface area contributed by atoms with E-state index in [0.29, 0.717) is 11.5 Å². The molecule has 1 N–H and O–H groups in total. The van der Waals surface area contributed by atoms with Gasteiger partial charge >= 0.3 is 0 Å². The number of hydrogen-bond donors (Lipinski definition) is 1. The first kappa shape index (κ1) is 27.0. The first-order valence-electron chi connectivity index (χ1n) is 10.5. The molecule has 0 aliphatic heterocycles. The summed E-state index contributed by atoms with van der Waals surface area (Å²) in [4.78, 5) is 0. The Bertz CT molecular complexity index is 582. The average molecular weight is 583 g/mol. The van der Waals surface area contributed by atoms with E-state index in [4.69, 9.17) is 0 Å². The molecule has 0 radical (unpaired) electrons. The van der Waals surface area contributed by atoms with Crippen LogP contribution in [0.15, 0.2) is 30.3 Å². The first-order valence-corrected chi connectivity index (χ1v) is 27.9. The Morgan fingerprint density at radius 2 is 1.18 bits per heavy atom. The van der Waals surface area contributed by atoms with E-state index >= 15 is 0 Å². The summed E-state index contributed by atoms with van der Waals surface area (Å²) in [7, 11) is -4.34. The quantitative estimate of drug-likeness (QED) is 0.233. The largest absolute Gasteiger partial charge is 0.391 e. The summed E-state index contributed by atoms with van der Waals surface area (Å²) >= 11 is 7.22. The van der Waals surface area contributed by atoms with Gasteiger partial charge in [-0.3, -0.25) is 0 Å². The van der Waals surface area contributed by atoms with Crippen LogP contribution >= 0.6 is 31.9 Å². The second-order valence-electron chi connectivity index (χ2n) is 11.5. The van der Waals surface area contributed by atoms with Gasteiger partial charge in [-0.25, -0.2) is 0 Å². The van der Waals surface area contributed by atoms with Gasteiger partial charge in [0, 0.05) is 29.4 Å². The van der Waals surface area contributed by atoms with Crippen LogP contribution in [0.1, 0.15) is 24.8 Å². The van der Waals surface area contributed by atoms with Crippen molar-refractivity contribution >= 4 is 61.3 Å². The van der Waals surface area contributed by atoms with E-state index in [2.05, 4.69) is 128 Å². The van der Waals surface area contributed by atoms with E-state index in [0.717, 1.165) is 6.42 Å². The lowest BCUT2D eigenvalue weighted by atomic mass is 9.94. The lowest BCUT2D eigenvalue weighted by molar-refractivity contribution is 0.178. The molecule has 7 heteroatoms. The predicted octanol–water partition coefficient (Wildman–Crippen LogP) is 7.73. The molecule has 0 aliphatic carbocycles. The Morgan fingerprint density at radius 1 is 0.786 bits per heavy atom. The van der Waals surface area contributed by atoms with Gasteiger partial charge in [-0.05, 0) is 23.4 Å². The highest BCUT2D eigenvalue weighted by Gasteiger charge is 2.65. The van der Waals surface area contributed by atoms with Crippen LogP contribution in [0, 0.1) is 0 Å². The van der Waals surface area contributed by atoms with Crippen LogP contribution in [0.3, 0.4) is 0 Å². The highest BCUT2D eigenvalue weighted by Crippen LogP contribution is 2.52. The van der Waals surface area contributed by atoms with Gasteiger partial charge in [0.1, 0.15) is 0 Å². The summed E-state index contributed by atoms with van der Waals surface area (Å²) in [6.45, 7) is 24.7. The van der Waals surface area contributed by atoms with E-state index in [9.17, 15) is 5.11 Å². The molecule has 0 bridgehead atoms. The molecule has 0 aromatic heterocycles. The second kappa shape index (κ2) is 9.65. The third kappa shape index (κ3) is 5.43. The standard InChI is InChI=1S/C21H42Br2OSi4/c1-17(18-14-12-11-13-15-18)20(16-19(24)21(22)23)28(25(2,3)4,26(5,6)7)27(8,9)10/h11-15,17,19-21,24H,16H2,1-10H3/t17-,19+,20-/m1/s1. The monoisotopic (exact) mass is 580 g/mol. The lowest BCUT2D eigenvalue weighted by Crippen LogP contribution is -2.85. The Kier molecular flexibility index (Phi) is 9.32. The molecule has 3 atom stereocenters. The van der Waals surface area contributed by atoms with Gasteiger partial charge in [0.2, 0.25) is 0 Å². The van der Waals surface area contributed by atoms with Crippen molar-refractivity contribution in [3.05, 3.63) is 35.9 Å². The molecule has 0 heterocycles. The molecule has 0 amide bonds. The van der Waals surface area contributed by atoms with Gasteiger partial charge in [0.25, 0.3) is 0 Å². The maximum atomic E-state index is 11.0. The molecule has 0 saturated carbocycles. The summed E-state index contributed by atoms with van der Waals surface area (Å²) in [6.07, 6.45) is 0.550. The smallest absolute Gasteiger partial charge is 0.0955 e. The predicted molar refractivity (Wildman–Crippen MR) is 147 cm³/mol. The number of halogens is 2. The van der Waals surface area contributed by atoms with Gasteiger partial charge in [0.05, 0.1) is 9.84 Å². The van der Waals surface area contributed by atoms with Crippen LogP contribution in [-0.4, -0.2) is 44.3 Å². The van der Waals surface area contributed by atoms with E-state index in [1.165, 1.54) is 5.56 Å². The van der Waals surface area contributed by atoms with Crippen LogP contribution in [0.4, 0.5) is 0 Å². The summed E-state index contributed by atoms with van der Waals surface area (Å²) < 4.78 is -0.0397. The Morgan fingerprint density at radius 3 is 1.50 bits per heavy atom. The van der Waals surface area contributed by atoms with E-state index in [1.807, 2.05) is 0 Å². The van der Waals surface area contributed by atoms with E-state index in [-0.39, 0.29) is 9.84 Å². The van der Waals surface area contributed by atoms with Crippen LogP contribution < -0.4 is 0 Å². The SMILES string of the molecule is C[C@H](c1ccccc1)[C@@H](C[C@H](O)C(Br)Br)[Si]([Si](C)(C)C)([Si](C)(C)C)[Si](C)(C)C. The van der Waals surface area contributed by atoms with Crippen LogP contribution in [-0.2, 0) is 0 Å². The number of rotatable bonds is 9. The molecule has 0 unspecified atom stereocenters. The van der Waals surface area contributed by atoms with Crippen LogP contribution in [0.25, 0.3) is 0 Å². The topological polar surface area (TPSA) is 20.2 Å². The molecule has 1 nitrogen and oxygen atoms in total. The van der Waals surface area contributed by atoms with Gasteiger partial charge in [-0.1, -0.05) is 128 Å². The summed E-state index contributed by atoms with van der Waals surface area (Å²) in [6, 6.07) is 11.1. The van der Waals surface area contributed by atoms with Crippen molar-refractivity contribution in [2.24, 2.45) is 0 Å². The molecule has 0 fully saturated rings. The van der Waals surface area contributed by atoms with Gasteiger partial charge in [-0.2, -0.15) is 0 Å². The Hall–Kier alpha value is 1.01. The van der Waals surface area contributed by atoms with Gasteiger partial charge < -0.3 is 5.11 Å². The molecule has 162 valence electrons. The van der Waals surface area contributed by atoms with Crippen molar-refractivity contribution in [3.63, 3.8) is 0 Å². The normalized spacial score (nSPS) is 17.5. The van der Waals surface area contributed by atoms with Crippen LogP contribution in [0.2, 0.25) is 64.5 Å². The zero-order valence-corrected chi connectivity index (χ0v) is 26.8. The molecule has 1 aromatic carbocycles. The fraction of sp³-hybridized carbons (Fsp3) is 0.714. The molecule has 0 saturated heterocycles. The first-order chi connectivity index (χ1) is 12.5. The maximum Gasteiger partial charge on any atom is 0.0955 e. The highest BCUT2D eigenvalue weighted by atomic mass is 79.9. The Balaban J connectivity index is 3.82. The summed E-state index contributed by atoms with van der Waals surface area (Å²) in [5, 5.41) is 11.0.